The molecule has 2 N–H and O–H groups in total. The molecule has 2 amide bonds. The van der Waals surface area contributed by atoms with Crippen LogP contribution >= 0.6 is 0 Å². The van der Waals surface area contributed by atoms with E-state index in [1.165, 1.54) is 0 Å². The van der Waals surface area contributed by atoms with E-state index < -0.39 is 0 Å². The van der Waals surface area contributed by atoms with Gasteiger partial charge < -0.3 is 20.1 Å². The van der Waals surface area contributed by atoms with Crippen molar-refractivity contribution in [2.24, 2.45) is 0 Å². The maximum atomic E-state index is 12.4. The van der Waals surface area contributed by atoms with E-state index in [1.54, 1.807) is 12.1 Å². The topological polar surface area (TPSA) is 76.7 Å². The first-order chi connectivity index (χ1) is 15.1. The Morgan fingerprint density at radius 2 is 1.55 bits per heavy atom. The van der Waals surface area contributed by atoms with Gasteiger partial charge in [-0.1, -0.05) is 48.5 Å². The van der Waals surface area contributed by atoms with Gasteiger partial charge in [0.2, 0.25) is 5.91 Å². The van der Waals surface area contributed by atoms with Crippen molar-refractivity contribution in [2.75, 3.05) is 19.8 Å². The maximum Gasteiger partial charge on any atom is 0.251 e. The average Bonchev–Trinajstić information content (AvgIpc) is 2.83. The fourth-order valence-electron chi connectivity index (χ4n) is 3.41. The lowest BCUT2D eigenvalue weighted by Gasteiger charge is -2.21. The van der Waals surface area contributed by atoms with Gasteiger partial charge in [-0.2, -0.15) is 0 Å². The van der Waals surface area contributed by atoms with Crippen LogP contribution in [0.5, 0.6) is 11.5 Å². The predicted octanol–water partition coefficient (Wildman–Crippen LogP) is 3.73. The lowest BCUT2D eigenvalue weighted by Crippen LogP contribution is -2.38. The minimum Gasteiger partial charge on any atom is -0.486 e. The number of carbonyl (C=O) groups excluding carboxylic acids is 2. The summed E-state index contributed by atoms with van der Waals surface area (Å²) >= 11 is 0. The molecule has 0 aromatic heterocycles. The molecule has 3 aromatic rings. The monoisotopic (exact) mass is 416 g/mol. The number of hydrogen-bond donors (Lipinski definition) is 2. The van der Waals surface area contributed by atoms with E-state index in [0.717, 1.165) is 16.7 Å². The van der Waals surface area contributed by atoms with Crippen molar-refractivity contribution in [2.45, 2.75) is 13.0 Å². The zero-order chi connectivity index (χ0) is 21.6. The van der Waals surface area contributed by atoms with Crippen LogP contribution in [0.3, 0.4) is 0 Å². The largest absolute Gasteiger partial charge is 0.486 e. The second kappa shape index (κ2) is 9.34. The summed E-state index contributed by atoms with van der Waals surface area (Å²) in [5.41, 5.74) is 3.53. The Bertz CT molecular complexity index is 1060. The van der Waals surface area contributed by atoms with Gasteiger partial charge in [0.25, 0.3) is 5.91 Å². The molecule has 6 nitrogen and oxygen atoms in total. The third-order valence-corrected chi connectivity index (χ3v) is 5.11. The van der Waals surface area contributed by atoms with E-state index in [1.807, 2.05) is 67.6 Å². The highest BCUT2D eigenvalue weighted by molar-refractivity contribution is 5.96. The Morgan fingerprint density at radius 1 is 0.871 bits per heavy atom. The lowest BCUT2D eigenvalue weighted by atomic mass is 10.0. The Labute approximate surface area is 181 Å². The summed E-state index contributed by atoms with van der Waals surface area (Å²) in [7, 11) is 0. The summed E-state index contributed by atoms with van der Waals surface area (Å²) in [6.45, 7) is 2.82. The molecule has 3 aromatic carbocycles. The number of hydrogen-bond acceptors (Lipinski definition) is 4. The van der Waals surface area contributed by atoms with E-state index in [9.17, 15) is 9.59 Å². The SMILES string of the molecule is C[C@@H](NC(=O)CNC(=O)c1ccc(-c2ccccc2)cc1)c1ccc2c(c1)OCCO2. The van der Waals surface area contributed by atoms with Gasteiger partial charge in [0.05, 0.1) is 12.6 Å². The molecule has 0 saturated heterocycles. The van der Waals surface area contributed by atoms with Crippen LogP contribution in [-0.2, 0) is 4.79 Å². The molecule has 1 aliphatic rings. The number of rotatable bonds is 6. The third-order valence-electron chi connectivity index (χ3n) is 5.11. The first-order valence-electron chi connectivity index (χ1n) is 10.2. The molecule has 0 spiro atoms. The Morgan fingerprint density at radius 3 is 2.29 bits per heavy atom. The van der Waals surface area contributed by atoms with Crippen molar-refractivity contribution in [3.8, 4) is 22.6 Å². The number of benzene rings is 3. The van der Waals surface area contributed by atoms with Gasteiger partial charge in [-0.25, -0.2) is 0 Å². The van der Waals surface area contributed by atoms with E-state index in [4.69, 9.17) is 9.47 Å². The molecule has 31 heavy (non-hydrogen) atoms. The van der Waals surface area contributed by atoms with E-state index in [2.05, 4.69) is 10.6 Å². The zero-order valence-electron chi connectivity index (χ0n) is 17.3. The smallest absolute Gasteiger partial charge is 0.251 e. The van der Waals surface area contributed by atoms with Crippen LogP contribution in [0.2, 0.25) is 0 Å². The summed E-state index contributed by atoms with van der Waals surface area (Å²) in [5.74, 6) is 0.828. The molecule has 6 heteroatoms. The van der Waals surface area contributed by atoms with Crippen LogP contribution in [0, 0.1) is 0 Å². The van der Waals surface area contributed by atoms with E-state index in [-0.39, 0.29) is 24.4 Å². The minimum atomic E-state index is -0.290. The van der Waals surface area contributed by atoms with Gasteiger partial charge in [0, 0.05) is 5.56 Å². The first kappa shape index (κ1) is 20.5. The Hall–Kier alpha value is -3.80. The van der Waals surface area contributed by atoms with Crippen molar-refractivity contribution < 1.29 is 19.1 Å². The molecule has 0 aliphatic carbocycles. The van der Waals surface area contributed by atoms with E-state index >= 15 is 0 Å². The van der Waals surface area contributed by atoms with E-state index in [0.29, 0.717) is 30.3 Å². The van der Waals surface area contributed by atoms with Gasteiger partial charge in [-0.15, -0.1) is 0 Å². The fraction of sp³-hybridized carbons (Fsp3) is 0.200. The van der Waals surface area contributed by atoms with Gasteiger partial charge in [-0.05, 0) is 47.9 Å². The minimum absolute atomic E-state index is 0.103. The van der Waals surface area contributed by atoms with Crippen molar-refractivity contribution >= 4 is 11.8 Å². The summed E-state index contributed by atoms with van der Waals surface area (Å²) in [4.78, 5) is 24.7. The van der Waals surface area contributed by atoms with Crippen LogP contribution in [0.1, 0.15) is 28.9 Å². The highest BCUT2D eigenvalue weighted by Crippen LogP contribution is 2.32. The molecule has 0 fully saturated rings. The molecular formula is C25H24N2O4. The normalized spacial score (nSPS) is 13.2. The van der Waals surface area contributed by atoms with Gasteiger partial charge in [-0.3, -0.25) is 9.59 Å². The van der Waals surface area contributed by atoms with Crippen LogP contribution < -0.4 is 20.1 Å². The van der Waals surface area contributed by atoms with Crippen LogP contribution in [-0.4, -0.2) is 31.6 Å². The molecule has 1 atom stereocenters. The molecule has 0 unspecified atom stereocenters. The second-order valence-electron chi connectivity index (χ2n) is 7.32. The molecule has 0 saturated carbocycles. The molecular weight excluding hydrogens is 392 g/mol. The molecule has 1 aliphatic heterocycles. The van der Waals surface area contributed by atoms with Crippen LogP contribution in [0.25, 0.3) is 11.1 Å². The number of ether oxygens (including phenoxy) is 2. The first-order valence-corrected chi connectivity index (χ1v) is 10.2. The number of amides is 2. The Balaban J connectivity index is 1.29. The third kappa shape index (κ3) is 5.04. The highest BCUT2D eigenvalue weighted by Gasteiger charge is 2.16. The summed E-state index contributed by atoms with van der Waals surface area (Å²) in [6.07, 6.45) is 0. The van der Waals surface area contributed by atoms with Crippen LogP contribution in [0.4, 0.5) is 0 Å². The van der Waals surface area contributed by atoms with Crippen LogP contribution in [0.15, 0.2) is 72.8 Å². The average molecular weight is 416 g/mol. The van der Waals surface area contributed by atoms with Crippen molar-refractivity contribution in [3.63, 3.8) is 0 Å². The summed E-state index contributed by atoms with van der Waals surface area (Å²) in [5, 5.41) is 5.56. The van der Waals surface area contributed by atoms with Gasteiger partial charge in [0.15, 0.2) is 11.5 Å². The summed E-state index contributed by atoms with van der Waals surface area (Å²) in [6, 6.07) is 22.6. The lowest BCUT2D eigenvalue weighted by molar-refractivity contribution is -0.120. The Kier molecular flexibility index (Phi) is 6.17. The van der Waals surface area contributed by atoms with Crippen molar-refractivity contribution in [1.29, 1.82) is 0 Å². The maximum absolute atomic E-state index is 12.4. The van der Waals surface area contributed by atoms with Crippen molar-refractivity contribution in [3.05, 3.63) is 83.9 Å². The van der Waals surface area contributed by atoms with Crippen molar-refractivity contribution in [1.82, 2.24) is 10.6 Å². The van der Waals surface area contributed by atoms with Gasteiger partial charge >= 0.3 is 0 Å². The quantitative estimate of drug-likeness (QED) is 0.642. The fourth-order valence-corrected chi connectivity index (χ4v) is 3.41. The predicted molar refractivity (Wildman–Crippen MR) is 118 cm³/mol. The molecule has 0 radical (unpaired) electrons. The number of carbonyl (C=O) groups is 2. The molecule has 1 heterocycles. The summed E-state index contributed by atoms with van der Waals surface area (Å²) < 4.78 is 11.1. The number of nitrogens with one attached hydrogen (secondary N) is 2. The second-order valence-corrected chi connectivity index (χ2v) is 7.32. The standard InChI is InChI=1S/C25H24N2O4/c1-17(21-11-12-22-23(15-21)31-14-13-30-22)27-24(28)16-26-25(29)20-9-7-19(8-10-20)18-5-3-2-4-6-18/h2-12,15,17H,13-14,16H2,1H3,(H,26,29)(H,27,28)/t17-/m1/s1. The highest BCUT2D eigenvalue weighted by atomic mass is 16.6. The number of fused-ring (bicyclic) bond motifs is 1. The molecule has 158 valence electrons. The van der Waals surface area contributed by atoms with Gasteiger partial charge in [0.1, 0.15) is 13.2 Å². The molecule has 0 bridgehead atoms. The zero-order valence-corrected chi connectivity index (χ0v) is 17.3. The molecule has 4 rings (SSSR count).